The number of hydrogen-bond donors (Lipinski definition) is 1. The highest BCUT2D eigenvalue weighted by Gasteiger charge is 1.96. The van der Waals surface area contributed by atoms with Crippen molar-refractivity contribution in [2.24, 2.45) is 0 Å². The lowest BCUT2D eigenvalue weighted by Gasteiger charge is -1.88. The van der Waals surface area contributed by atoms with Crippen LogP contribution in [0.4, 0.5) is 0 Å². The Hall–Kier alpha value is -2.37. The highest BCUT2D eigenvalue weighted by atomic mass is 16.4. The van der Waals surface area contributed by atoms with Crippen molar-refractivity contribution >= 4 is 12.1 Å². The summed E-state index contributed by atoms with van der Waals surface area (Å²) in [5, 5.41) is 8.38. The van der Waals surface area contributed by atoms with Crippen LogP contribution in [0.2, 0.25) is 0 Å². The highest BCUT2D eigenvalue weighted by molar-refractivity contribution is 5.87. The minimum absolute atomic E-state index is 0.250. The van der Waals surface area contributed by atoms with Crippen LogP contribution in [0.1, 0.15) is 24.2 Å². The van der Waals surface area contributed by atoms with Crippen LogP contribution in [0.25, 0.3) is 0 Å². The summed E-state index contributed by atoms with van der Waals surface area (Å²) in [6.07, 6.45) is 0.250. The number of carbonyl (C=O) groups is 1. The van der Waals surface area contributed by atoms with Gasteiger partial charge in [0.1, 0.15) is 0 Å². The van der Waals surface area contributed by atoms with Crippen molar-refractivity contribution < 1.29 is 19.5 Å². The molecule has 0 radical (unpaired) electrons. The Bertz CT molecular complexity index is 372. The van der Waals surface area contributed by atoms with Gasteiger partial charge in [0, 0.05) is 0 Å². The maximum absolute atomic E-state index is 10.2. The van der Waals surface area contributed by atoms with Crippen molar-refractivity contribution in [1.82, 2.24) is 0 Å². The summed E-state index contributed by atoms with van der Waals surface area (Å²) in [5.41, 5.74) is 0.331. The van der Waals surface area contributed by atoms with E-state index in [-0.39, 0.29) is 6.15 Å². The Morgan fingerprint density at radius 1 is 1.06 bits per heavy atom. The molecular formula is C12H12O4. The SMILES string of the molecule is CC#CC.O=C(O)c1ccccc1.O=C=O. The second-order valence-electron chi connectivity index (χ2n) is 2.25. The highest BCUT2D eigenvalue weighted by Crippen LogP contribution is 1.96. The summed E-state index contributed by atoms with van der Waals surface area (Å²) in [5.74, 6) is 4.48. The van der Waals surface area contributed by atoms with Crippen LogP contribution in [-0.4, -0.2) is 17.2 Å². The van der Waals surface area contributed by atoms with Gasteiger partial charge in [-0.05, 0) is 26.0 Å². The summed E-state index contributed by atoms with van der Waals surface area (Å²) >= 11 is 0. The number of rotatable bonds is 1. The van der Waals surface area contributed by atoms with Crippen LogP contribution in [-0.2, 0) is 9.59 Å². The molecule has 84 valence electrons. The van der Waals surface area contributed by atoms with Crippen molar-refractivity contribution in [2.75, 3.05) is 0 Å². The molecule has 0 amide bonds. The molecule has 0 aliphatic rings. The average molecular weight is 220 g/mol. The zero-order chi connectivity index (χ0) is 12.8. The smallest absolute Gasteiger partial charge is 0.373 e. The summed E-state index contributed by atoms with van der Waals surface area (Å²) in [6, 6.07) is 8.30. The molecule has 0 atom stereocenters. The standard InChI is InChI=1S/C7H6O2.C4H6.CO2/c8-7(9)6-4-2-1-3-5-6;1-3-4-2;2-1-3/h1-5H,(H,8,9);1-2H3;. The monoisotopic (exact) mass is 220 g/mol. The third kappa shape index (κ3) is 11.6. The second-order valence-corrected chi connectivity index (χ2v) is 2.25. The molecule has 1 N–H and O–H groups in total. The molecule has 1 rings (SSSR count). The van der Waals surface area contributed by atoms with E-state index < -0.39 is 5.97 Å². The molecule has 0 bridgehead atoms. The lowest BCUT2D eigenvalue weighted by Crippen LogP contribution is -1.93. The molecule has 4 nitrogen and oxygen atoms in total. The van der Waals surface area contributed by atoms with E-state index in [2.05, 4.69) is 11.8 Å². The number of benzene rings is 1. The topological polar surface area (TPSA) is 71.4 Å². The van der Waals surface area contributed by atoms with Crippen LogP contribution >= 0.6 is 0 Å². The summed E-state index contributed by atoms with van der Waals surface area (Å²) in [7, 11) is 0. The molecule has 0 aromatic heterocycles. The van der Waals surface area contributed by atoms with Gasteiger partial charge < -0.3 is 5.11 Å². The molecule has 0 aliphatic carbocycles. The quantitative estimate of drug-likeness (QED) is 0.733. The first-order valence-corrected chi connectivity index (χ1v) is 4.25. The van der Waals surface area contributed by atoms with E-state index in [0.717, 1.165) is 0 Å². The van der Waals surface area contributed by atoms with Crippen LogP contribution < -0.4 is 0 Å². The molecule has 0 unspecified atom stereocenters. The molecule has 0 aliphatic heterocycles. The third-order valence-corrected chi connectivity index (χ3v) is 1.27. The molecule has 0 fully saturated rings. The van der Waals surface area contributed by atoms with E-state index >= 15 is 0 Å². The van der Waals surface area contributed by atoms with Crippen molar-refractivity contribution in [1.29, 1.82) is 0 Å². The summed E-state index contributed by atoms with van der Waals surface area (Å²) < 4.78 is 0. The fourth-order valence-electron chi connectivity index (χ4n) is 0.581. The Balaban J connectivity index is 0. The number of carbonyl (C=O) groups excluding carboxylic acids is 2. The lowest BCUT2D eigenvalue weighted by molar-refractivity contribution is -0.191. The van der Waals surface area contributed by atoms with Gasteiger partial charge in [0.25, 0.3) is 0 Å². The van der Waals surface area contributed by atoms with Gasteiger partial charge in [-0.1, -0.05) is 18.2 Å². The molecule has 1 aromatic rings. The van der Waals surface area contributed by atoms with Crippen molar-refractivity contribution in [3.63, 3.8) is 0 Å². The predicted octanol–water partition coefficient (Wildman–Crippen LogP) is 1.83. The Morgan fingerprint density at radius 3 is 1.62 bits per heavy atom. The van der Waals surface area contributed by atoms with Gasteiger partial charge in [0.05, 0.1) is 5.56 Å². The second kappa shape index (κ2) is 12.6. The van der Waals surface area contributed by atoms with Crippen LogP contribution in [0.15, 0.2) is 30.3 Å². The average Bonchev–Trinajstić information content (AvgIpc) is 2.31. The Morgan fingerprint density at radius 2 is 1.44 bits per heavy atom. The van der Waals surface area contributed by atoms with Gasteiger partial charge in [0.15, 0.2) is 0 Å². The third-order valence-electron chi connectivity index (χ3n) is 1.27. The fourth-order valence-corrected chi connectivity index (χ4v) is 0.581. The summed E-state index contributed by atoms with van der Waals surface area (Å²) in [4.78, 5) is 26.5. The first-order chi connectivity index (χ1) is 7.63. The van der Waals surface area contributed by atoms with Crippen LogP contribution in [0.5, 0.6) is 0 Å². The molecule has 1 aromatic carbocycles. The minimum atomic E-state index is -0.879. The van der Waals surface area contributed by atoms with E-state index in [1.54, 1.807) is 30.3 Å². The molecule has 0 heterocycles. The van der Waals surface area contributed by atoms with Gasteiger partial charge in [-0.2, -0.15) is 9.59 Å². The van der Waals surface area contributed by atoms with Gasteiger partial charge in [0.2, 0.25) is 0 Å². The summed E-state index contributed by atoms with van der Waals surface area (Å²) in [6.45, 7) is 3.64. The number of carboxylic acid groups (broad SMARTS) is 1. The zero-order valence-corrected chi connectivity index (χ0v) is 9.06. The van der Waals surface area contributed by atoms with Crippen molar-refractivity contribution in [3.8, 4) is 11.8 Å². The predicted molar refractivity (Wildman–Crippen MR) is 57.5 cm³/mol. The first kappa shape index (κ1) is 16.1. The van der Waals surface area contributed by atoms with E-state index in [0.29, 0.717) is 5.56 Å². The Kier molecular flexibility index (Phi) is 12.7. The Labute approximate surface area is 93.9 Å². The maximum atomic E-state index is 10.2. The van der Waals surface area contributed by atoms with Gasteiger partial charge in [-0.15, -0.1) is 11.8 Å². The normalized spacial score (nSPS) is 6.38. The lowest BCUT2D eigenvalue weighted by atomic mass is 10.2. The van der Waals surface area contributed by atoms with Crippen molar-refractivity contribution in [3.05, 3.63) is 35.9 Å². The molecule has 4 heteroatoms. The van der Waals surface area contributed by atoms with E-state index in [9.17, 15) is 4.79 Å². The van der Waals surface area contributed by atoms with Crippen LogP contribution in [0, 0.1) is 11.8 Å². The number of hydrogen-bond acceptors (Lipinski definition) is 3. The maximum Gasteiger partial charge on any atom is 0.373 e. The van der Waals surface area contributed by atoms with Crippen LogP contribution in [0.3, 0.4) is 0 Å². The van der Waals surface area contributed by atoms with E-state index in [1.165, 1.54) is 0 Å². The number of carboxylic acids is 1. The van der Waals surface area contributed by atoms with E-state index in [4.69, 9.17) is 14.7 Å². The first-order valence-electron chi connectivity index (χ1n) is 4.25. The van der Waals surface area contributed by atoms with Crippen molar-refractivity contribution in [2.45, 2.75) is 13.8 Å². The van der Waals surface area contributed by atoms with Gasteiger partial charge in [-0.3, -0.25) is 0 Å². The number of aromatic carboxylic acids is 1. The molecule has 16 heavy (non-hydrogen) atoms. The largest absolute Gasteiger partial charge is 0.478 e. The van der Waals surface area contributed by atoms with Gasteiger partial charge >= 0.3 is 12.1 Å². The van der Waals surface area contributed by atoms with E-state index in [1.807, 2.05) is 13.8 Å². The van der Waals surface area contributed by atoms with Gasteiger partial charge in [-0.25, -0.2) is 4.79 Å². The molecule has 0 saturated heterocycles. The molecule has 0 saturated carbocycles. The molecular weight excluding hydrogens is 208 g/mol. The molecule has 0 spiro atoms. The zero-order valence-electron chi connectivity index (χ0n) is 9.06. The fraction of sp³-hybridized carbons (Fsp3) is 0.167. The minimum Gasteiger partial charge on any atom is -0.478 e.